The number of fused-ring (bicyclic) bond motifs is 3. The zero-order valence-corrected chi connectivity index (χ0v) is 10.6. The second-order valence-electron chi connectivity index (χ2n) is 3.90. The van der Waals surface area contributed by atoms with Crippen LogP contribution in [-0.2, 0) is 4.74 Å². The first-order valence-corrected chi connectivity index (χ1v) is 5.78. The summed E-state index contributed by atoms with van der Waals surface area (Å²) in [5.41, 5.74) is 0.901. The molecule has 2 heterocycles. The zero-order chi connectivity index (χ0) is 13.6. The highest BCUT2D eigenvalue weighted by Gasteiger charge is 2.21. The second-order valence-corrected chi connectivity index (χ2v) is 4.26. The van der Waals surface area contributed by atoms with Crippen LogP contribution in [0.15, 0.2) is 28.8 Å². The van der Waals surface area contributed by atoms with E-state index in [1.54, 1.807) is 6.07 Å². The van der Waals surface area contributed by atoms with Gasteiger partial charge in [-0.25, -0.2) is 9.78 Å². The molecule has 6 heteroatoms. The predicted octanol–water partition coefficient (Wildman–Crippen LogP) is 3.13. The maximum absolute atomic E-state index is 11.8. The van der Waals surface area contributed by atoms with Crippen molar-refractivity contribution in [3.8, 4) is 5.75 Å². The van der Waals surface area contributed by atoms with Crippen molar-refractivity contribution < 1.29 is 19.1 Å². The first kappa shape index (κ1) is 11.8. The van der Waals surface area contributed by atoms with Gasteiger partial charge in [0.1, 0.15) is 10.7 Å². The van der Waals surface area contributed by atoms with E-state index in [0.717, 1.165) is 0 Å². The number of aromatic nitrogens is 1. The molecule has 3 rings (SSSR count). The van der Waals surface area contributed by atoms with Crippen LogP contribution >= 0.6 is 11.6 Å². The van der Waals surface area contributed by atoms with Crippen molar-refractivity contribution in [1.29, 1.82) is 0 Å². The number of phenols is 1. The minimum Gasteiger partial charge on any atom is -0.504 e. The molecule has 3 aromatic rings. The number of benzene rings is 1. The van der Waals surface area contributed by atoms with Crippen molar-refractivity contribution >= 4 is 39.5 Å². The van der Waals surface area contributed by atoms with Gasteiger partial charge >= 0.3 is 5.97 Å². The molecule has 0 amide bonds. The normalized spacial score (nSPS) is 11.1. The maximum Gasteiger partial charge on any atom is 0.338 e. The van der Waals surface area contributed by atoms with E-state index in [-0.39, 0.29) is 22.0 Å². The van der Waals surface area contributed by atoms with Gasteiger partial charge in [0.2, 0.25) is 0 Å². The van der Waals surface area contributed by atoms with Crippen molar-refractivity contribution in [2.45, 2.75) is 0 Å². The summed E-state index contributed by atoms with van der Waals surface area (Å²) in [5, 5.41) is 10.9. The lowest BCUT2D eigenvalue weighted by molar-refractivity contribution is 0.0603. The molecule has 1 aromatic carbocycles. The van der Waals surface area contributed by atoms with Gasteiger partial charge in [-0.3, -0.25) is 0 Å². The molecule has 0 saturated carbocycles. The van der Waals surface area contributed by atoms with E-state index in [2.05, 4.69) is 4.98 Å². The van der Waals surface area contributed by atoms with Crippen molar-refractivity contribution in [1.82, 2.24) is 4.98 Å². The van der Waals surface area contributed by atoms with Crippen LogP contribution in [0.5, 0.6) is 5.75 Å². The van der Waals surface area contributed by atoms with E-state index >= 15 is 0 Å². The third kappa shape index (κ3) is 1.62. The van der Waals surface area contributed by atoms with Crippen LogP contribution in [-0.4, -0.2) is 23.2 Å². The molecule has 5 nitrogen and oxygen atoms in total. The molecule has 0 aliphatic heterocycles. The number of phenolic OH excluding ortho intramolecular Hbond substituents is 1. The average Bonchev–Trinajstić information content (AvgIpc) is 2.80. The monoisotopic (exact) mass is 277 g/mol. The molecule has 1 N–H and O–H groups in total. The number of aromatic hydroxyl groups is 1. The van der Waals surface area contributed by atoms with E-state index < -0.39 is 5.97 Å². The van der Waals surface area contributed by atoms with Crippen LogP contribution in [0.2, 0.25) is 5.15 Å². The van der Waals surface area contributed by atoms with Gasteiger partial charge in [-0.2, -0.15) is 0 Å². The van der Waals surface area contributed by atoms with Crippen LogP contribution in [0.1, 0.15) is 10.4 Å². The molecule has 2 aromatic heterocycles. The summed E-state index contributed by atoms with van der Waals surface area (Å²) in [6, 6.07) is 4.45. The fourth-order valence-electron chi connectivity index (χ4n) is 2.04. The van der Waals surface area contributed by atoms with E-state index in [9.17, 15) is 9.90 Å². The van der Waals surface area contributed by atoms with Gasteiger partial charge < -0.3 is 14.3 Å². The minimum atomic E-state index is -0.535. The molecule has 0 saturated heterocycles. The summed E-state index contributed by atoms with van der Waals surface area (Å²) >= 11 is 6.04. The number of halogens is 1. The number of carbonyl (C=O) groups excluding carboxylic acids is 1. The first-order chi connectivity index (χ1) is 9.13. The highest BCUT2D eigenvalue weighted by Crippen LogP contribution is 2.39. The Morgan fingerprint density at radius 1 is 1.37 bits per heavy atom. The van der Waals surface area contributed by atoms with Crippen LogP contribution in [0.3, 0.4) is 0 Å². The summed E-state index contributed by atoms with van der Waals surface area (Å²) in [5.74, 6) is -0.609. The molecule has 0 spiro atoms. The largest absolute Gasteiger partial charge is 0.504 e. The van der Waals surface area contributed by atoms with E-state index in [1.165, 1.54) is 25.4 Å². The molecule has 0 unspecified atom stereocenters. The fourth-order valence-corrected chi connectivity index (χ4v) is 2.29. The number of pyridine rings is 1. The fraction of sp³-hybridized carbons (Fsp3) is 0.0769. The lowest BCUT2D eigenvalue weighted by Gasteiger charge is -2.02. The maximum atomic E-state index is 11.8. The van der Waals surface area contributed by atoms with Gasteiger partial charge in [-0.15, -0.1) is 0 Å². The molecule has 0 atom stereocenters. The Balaban J connectivity index is 2.56. The van der Waals surface area contributed by atoms with Crippen LogP contribution < -0.4 is 0 Å². The molecular weight excluding hydrogens is 270 g/mol. The standard InChI is InChI=1S/C13H8ClNO4/c1-18-13(17)6-2-3-7(16)11-9(6)10-8(19-11)4-5-15-12(10)14/h2-5,16H,1H3. The number of nitrogens with zero attached hydrogens (tertiary/aromatic N) is 1. The summed E-state index contributed by atoms with van der Waals surface area (Å²) in [4.78, 5) is 15.7. The summed E-state index contributed by atoms with van der Waals surface area (Å²) in [6.07, 6.45) is 1.49. The zero-order valence-electron chi connectivity index (χ0n) is 9.81. The molecule has 0 bridgehead atoms. The Morgan fingerprint density at radius 3 is 2.89 bits per heavy atom. The number of methoxy groups -OCH3 is 1. The summed E-state index contributed by atoms with van der Waals surface area (Å²) in [6.45, 7) is 0. The SMILES string of the molecule is COC(=O)c1ccc(O)c2oc3ccnc(Cl)c3c12. The Kier molecular flexibility index (Phi) is 2.57. The van der Waals surface area contributed by atoms with Gasteiger partial charge in [-0.05, 0) is 18.2 Å². The van der Waals surface area contributed by atoms with E-state index in [1.807, 2.05) is 0 Å². The molecule has 19 heavy (non-hydrogen) atoms. The molecule has 0 aliphatic carbocycles. The third-order valence-corrected chi connectivity index (χ3v) is 3.16. The minimum absolute atomic E-state index is 0.0741. The summed E-state index contributed by atoms with van der Waals surface area (Å²) in [7, 11) is 1.28. The molecule has 96 valence electrons. The first-order valence-electron chi connectivity index (χ1n) is 5.40. The molecule has 0 radical (unpaired) electrons. The number of hydrogen-bond donors (Lipinski definition) is 1. The number of carbonyl (C=O) groups is 1. The highest BCUT2D eigenvalue weighted by molar-refractivity contribution is 6.37. The number of rotatable bonds is 1. The molecular formula is C13H8ClNO4. The Hall–Kier alpha value is -2.27. The van der Waals surface area contributed by atoms with Gasteiger partial charge in [0, 0.05) is 11.6 Å². The lowest BCUT2D eigenvalue weighted by atomic mass is 10.1. The van der Waals surface area contributed by atoms with Gasteiger partial charge in [-0.1, -0.05) is 11.6 Å². The molecule has 0 fully saturated rings. The quantitative estimate of drug-likeness (QED) is 0.546. The number of ether oxygens (including phenoxy) is 1. The number of furan rings is 1. The highest BCUT2D eigenvalue weighted by atomic mass is 35.5. The second kappa shape index (κ2) is 4.13. The lowest BCUT2D eigenvalue weighted by Crippen LogP contribution is -2.01. The Morgan fingerprint density at radius 2 is 2.16 bits per heavy atom. The smallest absolute Gasteiger partial charge is 0.338 e. The van der Waals surface area contributed by atoms with Crippen LogP contribution in [0.4, 0.5) is 0 Å². The summed E-state index contributed by atoms with van der Waals surface area (Å²) < 4.78 is 10.2. The molecule has 0 aliphatic rings. The van der Waals surface area contributed by atoms with Crippen molar-refractivity contribution in [3.05, 3.63) is 35.1 Å². The Bertz CT molecular complexity index is 809. The third-order valence-electron chi connectivity index (χ3n) is 2.87. The Labute approximate surface area is 112 Å². The number of hydrogen-bond acceptors (Lipinski definition) is 5. The van der Waals surface area contributed by atoms with Gasteiger partial charge in [0.15, 0.2) is 11.3 Å². The topological polar surface area (TPSA) is 72.6 Å². The van der Waals surface area contributed by atoms with Crippen molar-refractivity contribution in [2.75, 3.05) is 7.11 Å². The average molecular weight is 278 g/mol. The van der Waals surface area contributed by atoms with E-state index in [0.29, 0.717) is 16.4 Å². The van der Waals surface area contributed by atoms with Crippen LogP contribution in [0, 0.1) is 0 Å². The van der Waals surface area contributed by atoms with E-state index in [4.69, 9.17) is 20.8 Å². The van der Waals surface area contributed by atoms with Crippen molar-refractivity contribution in [2.24, 2.45) is 0 Å². The van der Waals surface area contributed by atoms with Gasteiger partial charge in [0.25, 0.3) is 0 Å². The number of esters is 1. The predicted molar refractivity (Wildman–Crippen MR) is 69.5 cm³/mol. The van der Waals surface area contributed by atoms with Gasteiger partial charge in [0.05, 0.1) is 18.1 Å². The van der Waals surface area contributed by atoms with Crippen molar-refractivity contribution in [3.63, 3.8) is 0 Å². The van der Waals surface area contributed by atoms with Crippen LogP contribution in [0.25, 0.3) is 21.9 Å².